The fourth-order valence-electron chi connectivity index (χ4n) is 3.31. The van der Waals surface area contributed by atoms with Gasteiger partial charge in [-0.15, -0.1) is 0 Å². The van der Waals surface area contributed by atoms with Gasteiger partial charge < -0.3 is 18.6 Å². The third-order valence-corrected chi connectivity index (χ3v) is 5.79. The summed E-state index contributed by atoms with van der Waals surface area (Å²) in [5, 5.41) is 0.561. The van der Waals surface area contributed by atoms with Crippen molar-refractivity contribution in [1.29, 1.82) is 0 Å². The van der Waals surface area contributed by atoms with Gasteiger partial charge in [0.15, 0.2) is 16.6 Å². The van der Waals surface area contributed by atoms with Gasteiger partial charge in [0.2, 0.25) is 0 Å². The Kier molecular flexibility index (Phi) is 4.76. The van der Waals surface area contributed by atoms with E-state index in [-0.39, 0.29) is 12.5 Å². The zero-order chi connectivity index (χ0) is 20.5. The first-order valence-corrected chi connectivity index (χ1v) is 10.2. The number of aromatic nitrogens is 1. The molecule has 0 radical (unpaired) electrons. The van der Waals surface area contributed by atoms with Crippen LogP contribution >= 0.6 is 11.3 Å². The summed E-state index contributed by atoms with van der Waals surface area (Å²) < 4.78 is 23.1. The van der Waals surface area contributed by atoms with Gasteiger partial charge in [0.25, 0.3) is 5.91 Å². The van der Waals surface area contributed by atoms with Crippen LogP contribution in [0.5, 0.6) is 17.2 Å². The van der Waals surface area contributed by atoms with Crippen molar-refractivity contribution in [3.05, 3.63) is 66.1 Å². The molecule has 2 aromatic heterocycles. The average Bonchev–Trinajstić information content (AvgIpc) is 3.46. The maximum Gasteiger partial charge on any atom is 0.260 e. The maximum absolute atomic E-state index is 13.5. The Morgan fingerprint density at radius 3 is 2.80 bits per heavy atom. The minimum absolute atomic E-state index is 0.207. The van der Waals surface area contributed by atoms with Gasteiger partial charge in [-0.3, -0.25) is 9.69 Å². The molecule has 1 aliphatic rings. The monoisotopic (exact) mass is 422 g/mol. The molecule has 0 spiro atoms. The van der Waals surface area contributed by atoms with E-state index in [9.17, 15) is 4.79 Å². The van der Waals surface area contributed by atoms with Gasteiger partial charge >= 0.3 is 0 Å². The van der Waals surface area contributed by atoms with Crippen LogP contribution in [0.1, 0.15) is 16.1 Å². The number of para-hydroxylation sites is 1. The second-order valence-corrected chi connectivity index (χ2v) is 7.64. The van der Waals surface area contributed by atoms with E-state index in [0.29, 0.717) is 46.9 Å². The molecule has 0 fully saturated rings. The second kappa shape index (κ2) is 7.72. The van der Waals surface area contributed by atoms with E-state index in [4.69, 9.17) is 23.6 Å². The van der Waals surface area contributed by atoms with Crippen molar-refractivity contribution >= 4 is 32.6 Å². The Morgan fingerprint density at radius 1 is 1.13 bits per heavy atom. The largest absolute Gasteiger partial charge is 0.494 e. The lowest BCUT2D eigenvalue weighted by atomic mass is 10.1. The topological polar surface area (TPSA) is 74.0 Å². The number of methoxy groups -OCH3 is 1. The third-order valence-electron chi connectivity index (χ3n) is 4.75. The van der Waals surface area contributed by atoms with Crippen LogP contribution in [0.4, 0.5) is 5.13 Å². The summed E-state index contributed by atoms with van der Waals surface area (Å²) in [7, 11) is 1.61. The number of fused-ring (bicyclic) bond motifs is 2. The number of ether oxygens (including phenoxy) is 3. The molecular formula is C22H18N2O5S. The number of nitrogens with zero attached hydrogens (tertiary/aromatic N) is 2. The van der Waals surface area contributed by atoms with Crippen LogP contribution in [0.2, 0.25) is 0 Å². The molecule has 3 heterocycles. The number of hydrogen-bond donors (Lipinski definition) is 0. The van der Waals surface area contributed by atoms with Crippen molar-refractivity contribution in [1.82, 2.24) is 4.98 Å². The minimum Gasteiger partial charge on any atom is -0.494 e. The second-order valence-electron chi connectivity index (χ2n) is 6.63. The number of benzene rings is 2. The van der Waals surface area contributed by atoms with Gasteiger partial charge in [-0.2, -0.15) is 0 Å². The van der Waals surface area contributed by atoms with Crippen LogP contribution in [-0.4, -0.2) is 31.2 Å². The lowest BCUT2D eigenvalue weighted by molar-refractivity contribution is 0.0982. The zero-order valence-corrected chi connectivity index (χ0v) is 17.0. The van der Waals surface area contributed by atoms with Gasteiger partial charge in [0.05, 0.1) is 24.6 Å². The molecule has 0 saturated carbocycles. The van der Waals surface area contributed by atoms with Crippen LogP contribution in [0.15, 0.2) is 59.2 Å². The Balaban J connectivity index is 1.56. The fourth-order valence-corrected chi connectivity index (χ4v) is 4.29. The van der Waals surface area contributed by atoms with Crippen LogP contribution in [-0.2, 0) is 6.54 Å². The molecule has 152 valence electrons. The molecule has 5 rings (SSSR count). The number of thiazole rings is 1. The SMILES string of the molecule is COc1cccc2sc(N(Cc3ccco3)C(=O)c3ccc4c(c3)OCCO4)nc12. The van der Waals surface area contributed by atoms with Crippen molar-refractivity contribution in [2.24, 2.45) is 0 Å². The third kappa shape index (κ3) is 3.35. The van der Waals surface area contributed by atoms with Crippen molar-refractivity contribution in [3.8, 4) is 17.2 Å². The molecule has 8 heteroatoms. The molecule has 4 aromatic rings. The van der Waals surface area contributed by atoms with Gasteiger partial charge in [0, 0.05) is 5.56 Å². The minimum atomic E-state index is -0.207. The number of amides is 1. The Bertz CT molecular complexity index is 1200. The molecule has 1 amide bonds. The molecular weight excluding hydrogens is 404 g/mol. The lowest BCUT2D eigenvalue weighted by Crippen LogP contribution is -2.30. The first-order chi connectivity index (χ1) is 14.7. The first-order valence-electron chi connectivity index (χ1n) is 9.40. The molecule has 0 unspecified atom stereocenters. The number of hydrogen-bond acceptors (Lipinski definition) is 7. The summed E-state index contributed by atoms with van der Waals surface area (Å²) in [6.07, 6.45) is 1.59. The highest BCUT2D eigenvalue weighted by Gasteiger charge is 2.25. The summed E-state index contributed by atoms with van der Waals surface area (Å²) >= 11 is 1.42. The Hall–Kier alpha value is -3.52. The summed E-state index contributed by atoms with van der Waals surface area (Å²) in [5.74, 6) is 2.32. The molecule has 0 atom stereocenters. The lowest BCUT2D eigenvalue weighted by Gasteiger charge is -2.21. The molecule has 0 aliphatic carbocycles. The number of anilines is 1. The van der Waals surface area contributed by atoms with E-state index >= 15 is 0 Å². The predicted octanol–water partition coefficient (Wildman–Crippen LogP) is 4.52. The van der Waals surface area contributed by atoms with E-state index in [0.717, 1.165) is 10.2 Å². The molecule has 30 heavy (non-hydrogen) atoms. The van der Waals surface area contributed by atoms with Gasteiger partial charge in [-0.1, -0.05) is 17.4 Å². The van der Waals surface area contributed by atoms with Crippen molar-refractivity contribution in [3.63, 3.8) is 0 Å². The Morgan fingerprint density at radius 2 is 2.00 bits per heavy atom. The number of rotatable bonds is 5. The molecule has 0 bridgehead atoms. The summed E-state index contributed by atoms with van der Waals surface area (Å²) in [6.45, 7) is 1.21. The Labute approximate surface area is 176 Å². The standard InChI is InChI=1S/C22H18N2O5S/c1-26-17-5-2-6-19-20(17)23-22(30-19)24(13-15-4-3-9-27-15)21(25)14-7-8-16-18(12-14)29-11-10-28-16/h2-9,12H,10-11,13H2,1H3. The van der Waals surface area contributed by atoms with Crippen LogP contribution in [0, 0.1) is 0 Å². The fraction of sp³-hybridized carbons (Fsp3) is 0.182. The van der Waals surface area contributed by atoms with Gasteiger partial charge in [-0.25, -0.2) is 4.98 Å². The molecule has 0 saturated heterocycles. The predicted molar refractivity (Wildman–Crippen MR) is 113 cm³/mol. The van der Waals surface area contributed by atoms with Gasteiger partial charge in [-0.05, 0) is 42.5 Å². The zero-order valence-electron chi connectivity index (χ0n) is 16.2. The maximum atomic E-state index is 13.5. The van der Waals surface area contributed by atoms with Crippen LogP contribution < -0.4 is 19.1 Å². The van der Waals surface area contributed by atoms with Crippen LogP contribution in [0.3, 0.4) is 0 Å². The van der Waals surface area contributed by atoms with E-state index in [1.165, 1.54) is 11.3 Å². The first kappa shape index (κ1) is 18.5. The van der Waals surface area contributed by atoms with E-state index < -0.39 is 0 Å². The average molecular weight is 422 g/mol. The summed E-state index contributed by atoms with van der Waals surface area (Å²) in [4.78, 5) is 19.8. The highest BCUT2D eigenvalue weighted by molar-refractivity contribution is 7.22. The highest BCUT2D eigenvalue weighted by atomic mass is 32.1. The number of carbonyl (C=O) groups excluding carboxylic acids is 1. The smallest absolute Gasteiger partial charge is 0.260 e. The van der Waals surface area contributed by atoms with Crippen LogP contribution in [0.25, 0.3) is 10.2 Å². The summed E-state index contributed by atoms with van der Waals surface area (Å²) in [6, 6.07) is 14.5. The van der Waals surface area contributed by atoms with Crippen molar-refractivity contribution < 1.29 is 23.4 Å². The molecule has 7 nitrogen and oxygen atoms in total. The normalized spacial score (nSPS) is 12.7. The highest BCUT2D eigenvalue weighted by Crippen LogP contribution is 2.36. The van der Waals surface area contributed by atoms with Crippen molar-refractivity contribution in [2.75, 3.05) is 25.2 Å². The van der Waals surface area contributed by atoms with Gasteiger partial charge in [0.1, 0.15) is 30.2 Å². The molecule has 0 N–H and O–H groups in total. The molecule has 2 aromatic carbocycles. The van der Waals surface area contributed by atoms with E-state index in [1.807, 2.05) is 24.3 Å². The summed E-state index contributed by atoms with van der Waals surface area (Å²) in [5.41, 5.74) is 1.21. The van der Waals surface area contributed by atoms with E-state index in [1.54, 1.807) is 42.5 Å². The molecule has 1 aliphatic heterocycles. The van der Waals surface area contributed by atoms with Crippen molar-refractivity contribution in [2.45, 2.75) is 6.54 Å². The number of furan rings is 1. The van der Waals surface area contributed by atoms with E-state index in [2.05, 4.69) is 0 Å². The number of carbonyl (C=O) groups is 1. The quantitative estimate of drug-likeness (QED) is 0.471.